The first kappa shape index (κ1) is 25.5. The molecular formula is C28H41N3O4. The monoisotopic (exact) mass is 483 g/mol. The molecule has 0 radical (unpaired) electrons. The van der Waals surface area contributed by atoms with E-state index >= 15 is 0 Å². The lowest BCUT2D eigenvalue weighted by atomic mass is 9.79. The van der Waals surface area contributed by atoms with Gasteiger partial charge < -0.3 is 19.9 Å². The number of para-hydroxylation sites is 1. The molecule has 2 heterocycles. The summed E-state index contributed by atoms with van der Waals surface area (Å²) < 4.78 is 5.67. The van der Waals surface area contributed by atoms with Gasteiger partial charge in [-0.25, -0.2) is 4.79 Å². The number of carbonyl (C=O) groups excluding carboxylic acids is 3. The van der Waals surface area contributed by atoms with Crippen LogP contribution in [0.25, 0.3) is 0 Å². The molecule has 1 aliphatic carbocycles. The van der Waals surface area contributed by atoms with Crippen molar-refractivity contribution in [1.82, 2.24) is 9.80 Å². The van der Waals surface area contributed by atoms with Gasteiger partial charge in [0.25, 0.3) is 0 Å². The van der Waals surface area contributed by atoms with Crippen molar-refractivity contribution in [3.63, 3.8) is 0 Å². The second-order valence-corrected chi connectivity index (χ2v) is 11.8. The number of hydrogen-bond acceptors (Lipinski definition) is 4. The number of fused-ring (bicyclic) bond motifs is 1. The summed E-state index contributed by atoms with van der Waals surface area (Å²) in [6.45, 7) is 7.54. The summed E-state index contributed by atoms with van der Waals surface area (Å²) >= 11 is 0. The second-order valence-electron chi connectivity index (χ2n) is 11.8. The molecule has 0 aromatic heterocycles. The number of ether oxygens (including phenoxy) is 1. The molecule has 35 heavy (non-hydrogen) atoms. The predicted molar refractivity (Wildman–Crippen MR) is 136 cm³/mol. The normalized spacial score (nSPS) is 25.1. The quantitative estimate of drug-likeness (QED) is 0.638. The van der Waals surface area contributed by atoms with E-state index in [1.54, 1.807) is 4.90 Å². The Kier molecular flexibility index (Phi) is 7.72. The second kappa shape index (κ2) is 10.6. The summed E-state index contributed by atoms with van der Waals surface area (Å²) in [7, 11) is 1.84. The maximum atomic E-state index is 13.5. The van der Waals surface area contributed by atoms with Crippen LogP contribution >= 0.6 is 0 Å². The van der Waals surface area contributed by atoms with Crippen LogP contribution in [0.4, 0.5) is 10.5 Å². The number of benzene rings is 1. The number of carbonyl (C=O) groups is 3. The number of likely N-dealkylation sites (tertiary alicyclic amines) is 1. The number of amides is 3. The minimum atomic E-state index is -0.532. The minimum Gasteiger partial charge on any atom is -0.444 e. The summed E-state index contributed by atoms with van der Waals surface area (Å²) in [5.41, 5.74) is 1.07. The Hall–Kier alpha value is -2.57. The third kappa shape index (κ3) is 6.36. The average Bonchev–Trinajstić information content (AvgIpc) is 3.19. The number of nitrogens with one attached hydrogen (secondary N) is 1. The fraction of sp³-hybridized carbons (Fsp3) is 0.679. The standard InChI is InChI=1S/C28H41N3O4/c1-28(2,3)35-27(34)31-17-20(14-19-10-6-5-7-11-19)21(18-31)16-30(4)26(33)23-15-25(32)29-24-13-9-8-12-22(23)24/h8-9,12-13,19-21,23H,5-7,10-11,14-18H2,1-4H3,(H,29,32)/t20-,21+,23?/m1/s1. The molecule has 1 unspecified atom stereocenters. The first-order chi connectivity index (χ1) is 16.6. The zero-order valence-corrected chi connectivity index (χ0v) is 21.7. The Morgan fingerprint density at radius 3 is 2.49 bits per heavy atom. The number of likely N-dealkylation sites (N-methyl/N-ethyl adjacent to an activating group) is 1. The number of rotatable bonds is 5. The van der Waals surface area contributed by atoms with Crippen LogP contribution in [-0.4, -0.2) is 60.0 Å². The van der Waals surface area contributed by atoms with Crippen molar-refractivity contribution in [1.29, 1.82) is 0 Å². The van der Waals surface area contributed by atoms with Gasteiger partial charge in [0.15, 0.2) is 0 Å². The van der Waals surface area contributed by atoms with Gasteiger partial charge in [0.05, 0.1) is 5.92 Å². The molecule has 1 saturated carbocycles. The topological polar surface area (TPSA) is 79.0 Å². The van der Waals surface area contributed by atoms with Gasteiger partial charge in [0.1, 0.15) is 5.60 Å². The van der Waals surface area contributed by atoms with E-state index in [-0.39, 0.29) is 30.2 Å². The van der Waals surface area contributed by atoms with Crippen LogP contribution < -0.4 is 5.32 Å². The van der Waals surface area contributed by atoms with Crippen molar-refractivity contribution in [2.45, 2.75) is 77.2 Å². The molecule has 1 aromatic carbocycles. The molecular weight excluding hydrogens is 442 g/mol. The molecule has 0 bridgehead atoms. The molecule has 0 spiro atoms. The van der Waals surface area contributed by atoms with Crippen molar-refractivity contribution >= 4 is 23.6 Å². The smallest absolute Gasteiger partial charge is 0.410 e. The van der Waals surface area contributed by atoms with Gasteiger partial charge in [-0.2, -0.15) is 0 Å². The van der Waals surface area contributed by atoms with Crippen molar-refractivity contribution in [3.05, 3.63) is 29.8 Å². The number of hydrogen-bond donors (Lipinski definition) is 1. The van der Waals surface area contributed by atoms with Crippen LogP contribution in [0.1, 0.15) is 77.2 Å². The fourth-order valence-corrected chi connectivity index (χ4v) is 6.08. The summed E-state index contributed by atoms with van der Waals surface area (Å²) in [4.78, 5) is 42.3. The van der Waals surface area contributed by atoms with E-state index in [1.807, 2.05) is 57.0 Å². The maximum Gasteiger partial charge on any atom is 0.410 e. The Morgan fingerprint density at radius 2 is 1.77 bits per heavy atom. The van der Waals surface area contributed by atoms with Crippen molar-refractivity contribution in [3.8, 4) is 0 Å². The number of anilines is 1. The summed E-state index contributed by atoms with van der Waals surface area (Å²) in [6.07, 6.45) is 7.43. The Morgan fingerprint density at radius 1 is 1.09 bits per heavy atom. The summed E-state index contributed by atoms with van der Waals surface area (Å²) in [6, 6.07) is 7.56. The molecule has 1 saturated heterocycles. The fourth-order valence-electron chi connectivity index (χ4n) is 6.08. The molecule has 192 valence electrons. The Labute approximate surface area is 209 Å². The van der Waals surface area contributed by atoms with E-state index in [0.717, 1.165) is 17.7 Å². The van der Waals surface area contributed by atoms with Crippen molar-refractivity contribution < 1.29 is 19.1 Å². The highest BCUT2D eigenvalue weighted by Gasteiger charge is 2.40. The van der Waals surface area contributed by atoms with Crippen LogP contribution in [-0.2, 0) is 14.3 Å². The van der Waals surface area contributed by atoms with Crippen LogP contribution in [0.2, 0.25) is 0 Å². The van der Waals surface area contributed by atoms with E-state index in [2.05, 4.69) is 5.32 Å². The SMILES string of the molecule is CN(C[C@H]1CN(C(=O)OC(C)(C)C)C[C@H]1CC1CCCCC1)C(=O)C1CC(=O)Nc2ccccc21. The van der Waals surface area contributed by atoms with E-state index < -0.39 is 11.5 Å². The van der Waals surface area contributed by atoms with Gasteiger partial charge in [0.2, 0.25) is 11.8 Å². The molecule has 4 rings (SSSR count). The molecule has 3 aliphatic rings. The minimum absolute atomic E-state index is 0.0283. The van der Waals surface area contributed by atoms with Gasteiger partial charge in [-0.15, -0.1) is 0 Å². The highest BCUT2D eigenvalue weighted by molar-refractivity contribution is 6.01. The van der Waals surface area contributed by atoms with Gasteiger partial charge in [0, 0.05) is 38.8 Å². The predicted octanol–water partition coefficient (Wildman–Crippen LogP) is 5.02. The van der Waals surface area contributed by atoms with Crippen LogP contribution in [0.5, 0.6) is 0 Å². The van der Waals surface area contributed by atoms with Crippen LogP contribution in [0.3, 0.4) is 0 Å². The zero-order valence-electron chi connectivity index (χ0n) is 21.7. The largest absolute Gasteiger partial charge is 0.444 e. The molecule has 3 atom stereocenters. The third-order valence-electron chi connectivity index (χ3n) is 7.77. The first-order valence-electron chi connectivity index (χ1n) is 13.2. The molecule has 1 N–H and O–H groups in total. The lowest BCUT2D eigenvalue weighted by Gasteiger charge is -2.32. The molecule has 3 amide bonds. The van der Waals surface area contributed by atoms with Gasteiger partial charge in [-0.1, -0.05) is 50.3 Å². The average molecular weight is 484 g/mol. The van der Waals surface area contributed by atoms with Crippen molar-refractivity contribution in [2.75, 3.05) is 32.0 Å². The highest BCUT2D eigenvalue weighted by Crippen LogP contribution is 2.37. The van der Waals surface area contributed by atoms with Gasteiger partial charge >= 0.3 is 6.09 Å². The van der Waals surface area contributed by atoms with E-state index in [9.17, 15) is 14.4 Å². The lowest BCUT2D eigenvalue weighted by Crippen LogP contribution is -2.40. The molecule has 7 nitrogen and oxygen atoms in total. The summed E-state index contributed by atoms with van der Waals surface area (Å²) in [5.74, 6) is 0.630. The van der Waals surface area contributed by atoms with E-state index in [0.29, 0.717) is 31.5 Å². The molecule has 2 fully saturated rings. The highest BCUT2D eigenvalue weighted by atomic mass is 16.6. The molecule has 2 aliphatic heterocycles. The van der Waals surface area contributed by atoms with Crippen LogP contribution in [0.15, 0.2) is 24.3 Å². The van der Waals surface area contributed by atoms with Gasteiger partial charge in [-0.3, -0.25) is 9.59 Å². The third-order valence-corrected chi connectivity index (χ3v) is 7.77. The van der Waals surface area contributed by atoms with Crippen molar-refractivity contribution in [2.24, 2.45) is 17.8 Å². The number of nitrogens with zero attached hydrogens (tertiary/aromatic N) is 2. The first-order valence-corrected chi connectivity index (χ1v) is 13.2. The van der Waals surface area contributed by atoms with Gasteiger partial charge in [-0.05, 0) is 56.6 Å². The summed E-state index contributed by atoms with van der Waals surface area (Å²) in [5, 5.41) is 2.88. The van der Waals surface area contributed by atoms with E-state index in [4.69, 9.17) is 4.74 Å². The Balaban J connectivity index is 1.46. The Bertz CT molecular complexity index is 934. The zero-order chi connectivity index (χ0) is 25.2. The van der Waals surface area contributed by atoms with Crippen LogP contribution in [0, 0.1) is 17.8 Å². The van der Waals surface area contributed by atoms with E-state index in [1.165, 1.54) is 32.1 Å². The molecule has 1 aromatic rings. The lowest BCUT2D eigenvalue weighted by molar-refractivity contribution is -0.134. The molecule has 7 heteroatoms. The maximum absolute atomic E-state index is 13.5.